The molecule has 2 aromatic rings. The Hall–Kier alpha value is -1.66. The molecule has 1 amide bonds. The summed E-state index contributed by atoms with van der Waals surface area (Å²) in [6, 6.07) is 1.59. The van der Waals surface area contributed by atoms with Crippen LogP contribution in [0.3, 0.4) is 0 Å². The minimum Gasteiger partial charge on any atom is -0.462 e. The van der Waals surface area contributed by atoms with Crippen molar-refractivity contribution in [2.75, 3.05) is 6.61 Å². The van der Waals surface area contributed by atoms with Gasteiger partial charge in [0.15, 0.2) is 5.76 Å². The van der Waals surface area contributed by atoms with Gasteiger partial charge in [-0.15, -0.1) is 11.3 Å². The van der Waals surface area contributed by atoms with Gasteiger partial charge in [-0.2, -0.15) is 0 Å². The highest BCUT2D eigenvalue weighted by Gasteiger charge is 2.14. The van der Waals surface area contributed by atoms with Crippen LogP contribution >= 0.6 is 11.3 Å². The summed E-state index contributed by atoms with van der Waals surface area (Å²) in [5.41, 5.74) is 6.20. The van der Waals surface area contributed by atoms with Crippen molar-refractivity contribution in [1.82, 2.24) is 4.98 Å². The predicted octanol–water partition coefficient (Wildman–Crippen LogP) is 2.60. The van der Waals surface area contributed by atoms with Crippen LogP contribution in [0, 0.1) is 0 Å². The summed E-state index contributed by atoms with van der Waals surface area (Å²) in [4.78, 5) is 15.4. The molecule has 18 heavy (non-hydrogen) atoms. The number of furan rings is 1. The SMILES string of the molecule is CCO[C@H](C)c1nc(-c2cc(C(N)=O)co2)cs1. The molecule has 0 spiro atoms. The van der Waals surface area contributed by atoms with Crippen LogP contribution in [0.2, 0.25) is 0 Å². The number of hydrogen-bond donors (Lipinski definition) is 1. The molecule has 0 unspecified atom stereocenters. The Morgan fingerprint density at radius 3 is 3.06 bits per heavy atom. The first-order valence-electron chi connectivity index (χ1n) is 5.57. The lowest BCUT2D eigenvalue weighted by atomic mass is 10.3. The number of rotatable bonds is 5. The van der Waals surface area contributed by atoms with E-state index in [2.05, 4.69) is 4.98 Å². The lowest BCUT2D eigenvalue weighted by Crippen LogP contribution is -2.09. The van der Waals surface area contributed by atoms with Crippen LogP contribution in [0.25, 0.3) is 11.5 Å². The topological polar surface area (TPSA) is 78.4 Å². The minimum atomic E-state index is -0.511. The van der Waals surface area contributed by atoms with E-state index in [-0.39, 0.29) is 6.10 Å². The molecule has 96 valence electrons. The molecule has 0 bridgehead atoms. The first-order valence-corrected chi connectivity index (χ1v) is 6.45. The number of nitrogens with zero attached hydrogens (tertiary/aromatic N) is 1. The summed E-state index contributed by atoms with van der Waals surface area (Å²) in [5, 5.41) is 2.75. The van der Waals surface area contributed by atoms with Gasteiger partial charge in [0.2, 0.25) is 0 Å². The van der Waals surface area contributed by atoms with Crippen molar-refractivity contribution in [2.24, 2.45) is 5.73 Å². The van der Waals surface area contributed by atoms with Crippen molar-refractivity contribution < 1.29 is 13.9 Å². The number of primary amides is 1. The first-order chi connectivity index (χ1) is 8.61. The molecule has 5 nitrogen and oxygen atoms in total. The number of amides is 1. The third-order valence-electron chi connectivity index (χ3n) is 2.42. The van der Waals surface area contributed by atoms with Crippen LogP contribution in [0.4, 0.5) is 0 Å². The molecule has 0 saturated carbocycles. The van der Waals surface area contributed by atoms with E-state index < -0.39 is 5.91 Å². The minimum absolute atomic E-state index is 0.0423. The molecule has 1 atom stereocenters. The zero-order chi connectivity index (χ0) is 13.1. The van der Waals surface area contributed by atoms with Gasteiger partial charge in [-0.05, 0) is 19.9 Å². The monoisotopic (exact) mass is 266 g/mol. The molecular formula is C12H14N2O3S. The maximum absolute atomic E-state index is 11.0. The second-order valence-corrected chi connectivity index (χ2v) is 4.62. The van der Waals surface area contributed by atoms with Crippen molar-refractivity contribution in [1.29, 1.82) is 0 Å². The van der Waals surface area contributed by atoms with Crippen molar-refractivity contribution in [3.8, 4) is 11.5 Å². The van der Waals surface area contributed by atoms with Crippen LogP contribution in [-0.4, -0.2) is 17.5 Å². The molecule has 0 saturated heterocycles. The molecule has 0 aliphatic heterocycles. The highest BCUT2D eigenvalue weighted by molar-refractivity contribution is 7.10. The fraction of sp³-hybridized carbons (Fsp3) is 0.333. The van der Waals surface area contributed by atoms with Crippen molar-refractivity contribution >= 4 is 17.2 Å². The lowest BCUT2D eigenvalue weighted by molar-refractivity contribution is 0.0762. The smallest absolute Gasteiger partial charge is 0.251 e. The molecular weight excluding hydrogens is 252 g/mol. The van der Waals surface area contributed by atoms with E-state index in [0.717, 1.165) is 5.01 Å². The summed E-state index contributed by atoms with van der Waals surface area (Å²) in [7, 11) is 0. The highest BCUT2D eigenvalue weighted by atomic mass is 32.1. The van der Waals surface area contributed by atoms with Crippen LogP contribution in [0.15, 0.2) is 22.1 Å². The molecule has 6 heteroatoms. The molecule has 0 radical (unpaired) electrons. The number of carbonyl (C=O) groups excluding carboxylic acids is 1. The van der Waals surface area contributed by atoms with Gasteiger partial charge in [-0.3, -0.25) is 4.79 Å². The number of thiazole rings is 1. The third-order valence-corrected chi connectivity index (χ3v) is 3.43. The van der Waals surface area contributed by atoms with Crippen LogP contribution in [-0.2, 0) is 4.74 Å². The number of ether oxygens (including phenoxy) is 1. The third kappa shape index (κ3) is 2.60. The van der Waals surface area contributed by atoms with Crippen molar-refractivity contribution in [3.05, 3.63) is 28.3 Å². The molecule has 2 aromatic heterocycles. The molecule has 2 N–H and O–H groups in total. The van der Waals surface area contributed by atoms with Gasteiger partial charge in [0.1, 0.15) is 23.1 Å². The zero-order valence-corrected chi connectivity index (χ0v) is 11.0. The quantitative estimate of drug-likeness (QED) is 0.902. The van der Waals surface area contributed by atoms with Gasteiger partial charge in [-0.25, -0.2) is 4.98 Å². The average Bonchev–Trinajstić information content (AvgIpc) is 2.98. The predicted molar refractivity (Wildman–Crippen MR) is 68.4 cm³/mol. The highest BCUT2D eigenvalue weighted by Crippen LogP contribution is 2.28. The Kier molecular flexibility index (Phi) is 3.78. The summed E-state index contributed by atoms with van der Waals surface area (Å²) < 4.78 is 10.7. The summed E-state index contributed by atoms with van der Waals surface area (Å²) in [6.45, 7) is 4.53. The van der Waals surface area contributed by atoms with Crippen LogP contribution < -0.4 is 5.73 Å². The zero-order valence-electron chi connectivity index (χ0n) is 10.2. The number of aromatic nitrogens is 1. The summed E-state index contributed by atoms with van der Waals surface area (Å²) in [6.07, 6.45) is 1.29. The van der Waals surface area contributed by atoms with Gasteiger partial charge in [0.05, 0.1) is 5.56 Å². The van der Waals surface area contributed by atoms with E-state index in [9.17, 15) is 4.79 Å². The Bertz CT molecular complexity index is 547. The Labute approximate surface area is 109 Å². The molecule has 0 aromatic carbocycles. The molecule has 0 aliphatic rings. The summed E-state index contributed by atoms with van der Waals surface area (Å²) >= 11 is 1.50. The van der Waals surface area contributed by atoms with Crippen molar-refractivity contribution in [2.45, 2.75) is 20.0 Å². The van der Waals surface area contributed by atoms with E-state index in [0.29, 0.717) is 23.6 Å². The van der Waals surface area contributed by atoms with E-state index in [1.807, 2.05) is 19.2 Å². The normalized spacial score (nSPS) is 12.6. The molecule has 2 rings (SSSR count). The average molecular weight is 266 g/mol. The van der Waals surface area contributed by atoms with Crippen molar-refractivity contribution in [3.63, 3.8) is 0 Å². The van der Waals surface area contributed by atoms with E-state index in [1.165, 1.54) is 17.6 Å². The van der Waals surface area contributed by atoms with Gasteiger partial charge >= 0.3 is 0 Å². The van der Waals surface area contributed by atoms with E-state index in [4.69, 9.17) is 14.9 Å². The number of nitrogens with two attached hydrogens (primary N) is 1. The maximum atomic E-state index is 11.0. The maximum Gasteiger partial charge on any atom is 0.251 e. The largest absolute Gasteiger partial charge is 0.462 e. The number of carbonyl (C=O) groups is 1. The van der Waals surface area contributed by atoms with Crippen LogP contribution in [0.1, 0.15) is 35.3 Å². The van der Waals surface area contributed by atoms with E-state index in [1.54, 1.807) is 6.07 Å². The molecule has 0 aliphatic carbocycles. The standard InChI is InChI=1S/C12H14N2O3S/c1-3-16-7(2)12-14-9(6-18-12)10-4-8(5-17-10)11(13)15/h4-7H,3H2,1-2H3,(H2,13,15)/t7-/m1/s1. The van der Waals surface area contributed by atoms with Gasteiger partial charge in [0, 0.05) is 12.0 Å². The van der Waals surface area contributed by atoms with E-state index >= 15 is 0 Å². The molecule has 2 heterocycles. The number of hydrogen-bond acceptors (Lipinski definition) is 5. The van der Waals surface area contributed by atoms with Crippen LogP contribution in [0.5, 0.6) is 0 Å². The van der Waals surface area contributed by atoms with Gasteiger partial charge in [0.25, 0.3) is 5.91 Å². The summed E-state index contributed by atoms with van der Waals surface area (Å²) in [5.74, 6) is 0.0261. The second kappa shape index (κ2) is 5.32. The van der Waals surface area contributed by atoms with Gasteiger partial charge < -0.3 is 14.9 Å². The molecule has 0 fully saturated rings. The fourth-order valence-corrected chi connectivity index (χ4v) is 2.32. The Morgan fingerprint density at radius 2 is 2.44 bits per heavy atom. The van der Waals surface area contributed by atoms with Gasteiger partial charge in [-0.1, -0.05) is 0 Å². The lowest BCUT2D eigenvalue weighted by Gasteiger charge is -2.06. The Morgan fingerprint density at radius 1 is 1.67 bits per heavy atom. The first kappa shape index (κ1) is 12.8. The second-order valence-electron chi connectivity index (χ2n) is 3.73. The fourth-order valence-electron chi connectivity index (χ4n) is 1.51. The Balaban J connectivity index is 2.20.